The highest BCUT2D eigenvalue weighted by atomic mass is 16.6. The number of hydrogen-bond acceptors (Lipinski definition) is 7. The SMILES string of the molecule is CCCNC(=O)OCCOCCNC(=O)OCC1C=[N+](C)N=N1. The van der Waals surface area contributed by atoms with E-state index in [4.69, 9.17) is 14.2 Å². The van der Waals surface area contributed by atoms with Crippen LogP contribution in [0.3, 0.4) is 0 Å². The van der Waals surface area contributed by atoms with Gasteiger partial charge in [0.15, 0.2) is 0 Å². The van der Waals surface area contributed by atoms with Gasteiger partial charge in [-0.15, -0.1) is 4.68 Å². The monoisotopic (exact) mass is 330 g/mol. The number of ether oxygens (including phenoxy) is 3. The number of nitrogens with one attached hydrogen (secondary N) is 2. The van der Waals surface area contributed by atoms with E-state index in [0.717, 1.165) is 6.42 Å². The Morgan fingerprint density at radius 1 is 1.13 bits per heavy atom. The van der Waals surface area contributed by atoms with E-state index in [1.165, 1.54) is 0 Å². The van der Waals surface area contributed by atoms with Crippen LogP contribution in [-0.4, -0.2) is 75.7 Å². The Labute approximate surface area is 134 Å². The minimum Gasteiger partial charge on any atom is -0.447 e. The van der Waals surface area contributed by atoms with Crippen molar-refractivity contribution in [2.24, 2.45) is 10.3 Å². The highest BCUT2D eigenvalue weighted by Crippen LogP contribution is 1.97. The zero-order valence-electron chi connectivity index (χ0n) is 13.5. The van der Waals surface area contributed by atoms with Gasteiger partial charge in [-0.2, -0.15) is 0 Å². The number of nitrogens with zero attached hydrogens (tertiary/aromatic N) is 3. The van der Waals surface area contributed by atoms with Gasteiger partial charge in [0, 0.05) is 18.2 Å². The van der Waals surface area contributed by atoms with E-state index < -0.39 is 12.2 Å². The Kier molecular flexibility index (Phi) is 9.29. The molecule has 10 nitrogen and oxygen atoms in total. The van der Waals surface area contributed by atoms with Crippen molar-refractivity contribution in [3.8, 4) is 0 Å². The average Bonchev–Trinajstić information content (AvgIpc) is 2.95. The predicted molar refractivity (Wildman–Crippen MR) is 80.7 cm³/mol. The summed E-state index contributed by atoms with van der Waals surface area (Å²) in [5.74, 6) is 0. The van der Waals surface area contributed by atoms with Gasteiger partial charge in [0.2, 0.25) is 0 Å². The first-order chi connectivity index (χ1) is 11.1. The molecule has 23 heavy (non-hydrogen) atoms. The van der Waals surface area contributed by atoms with E-state index in [1.807, 2.05) is 6.92 Å². The molecule has 0 spiro atoms. The molecular weight excluding hydrogens is 306 g/mol. The summed E-state index contributed by atoms with van der Waals surface area (Å²) < 4.78 is 16.6. The van der Waals surface area contributed by atoms with Crippen molar-refractivity contribution in [1.82, 2.24) is 10.6 Å². The molecule has 0 saturated carbocycles. The molecule has 0 aromatic carbocycles. The molecule has 130 valence electrons. The van der Waals surface area contributed by atoms with Gasteiger partial charge >= 0.3 is 12.2 Å². The molecule has 0 saturated heterocycles. The Balaban J connectivity index is 1.89. The lowest BCUT2D eigenvalue weighted by atomic mass is 10.4. The second-order valence-corrected chi connectivity index (χ2v) is 4.70. The third kappa shape index (κ3) is 9.40. The number of carbonyl (C=O) groups excluding carboxylic acids is 2. The molecule has 0 fully saturated rings. The molecule has 1 atom stereocenters. The molecular formula is C13H24N5O5+. The quantitative estimate of drug-likeness (QED) is 0.442. The number of alkyl carbamates (subject to hydrolysis) is 2. The summed E-state index contributed by atoms with van der Waals surface area (Å²) in [5.41, 5.74) is 0. The fourth-order valence-corrected chi connectivity index (χ4v) is 1.54. The average molecular weight is 330 g/mol. The first kappa shape index (κ1) is 18.8. The molecule has 1 aliphatic rings. The summed E-state index contributed by atoms with van der Waals surface area (Å²) in [6.07, 6.45) is 1.60. The first-order valence-corrected chi connectivity index (χ1v) is 7.49. The molecule has 1 heterocycles. The normalized spacial score (nSPS) is 15.9. The van der Waals surface area contributed by atoms with Crippen molar-refractivity contribution in [2.45, 2.75) is 19.4 Å². The van der Waals surface area contributed by atoms with E-state index >= 15 is 0 Å². The molecule has 0 bridgehead atoms. The van der Waals surface area contributed by atoms with Crippen molar-refractivity contribution in [3.05, 3.63) is 0 Å². The summed E-state index contributed by atoms with van der Waals surface area (Å²) in [6, 6.07) is -0.238. The smallest absolute Gasteiger partial charge is 0.407 e. The van der Waals surface area contributed by atoms with E-state index in [1.54, 1.807) is 17.9 Å². The second kappa shape index (κ2) is 11.4. The lowest BCUT2D eigenvalue weighted by Gasteiger charge is -2.08. The third-order valence-electron chi connectivity index (χ3n) is 2.61. The molecule has 0 aromatic heterocycles. The Morgan fingerprint density at radius 3 is 2.57 bits per heavy atom. The standard InChI is InChI=1S/C13H23N5O5/c1-3-4-14-12(19)22-8-7-21-6-5-15-13(20)23-10-11-9-18(2)17-16-11/h9,11H,3-8,10H2,1-2H3,(H-,14,15,19,20)/p+1. The van der Waals surface area contributed by atoms with Crippen LogP contribution in [-0.2, 0) is 14.2 Å². The highest BCUT2D eigenvalue weighted by molar-refractivity contribution is 5.68. The Bertz CT molecular complexity index is 440. The van der Waals surface area contributed by atoms with Crippen LogP contribution in [0.5, 0.6) is 0 Å². The van der Waals surface area contributed by atoms with Gasteiger partial charge in [-0.05, 0) is 6.42 Å². The number of amides is 2. The van der Waals surface area contributed by atoms with Gasteiger partial charge in [-0.25, -0.2) is 9.59 Å². The van der Waals surface area contributed by atoms with Crippen molar-refractivity contribution >= 4 is 18.4 Å². The van der Waals surface area contributed by atoms with Crippen LogP contribution in [0.1, 0.15) is 13.3 Å². The van der Waals surface area contributed by atoms with Gasteiger partial charge in [0.25, 0.3) is 6.04 Å². The molecule has 0 aliphatic carbocycles. The fraction of sp³-hybridized carbons (Fsp3) is 0.769. The van der Waals surface area contributed by atoms with Crippen LogP contribution in [0.4, 0.5) is 9.59 Å². The van der Waals surface area contributed by atoms with Crippen molar-refractivity contribution in [3.63, 3.8) is 0 Å². The molecule has 2 N–H and O–H groups in total. The maximum Gasteiger partial charge on any atom is 0.407 e. The topological polar surface area (TPSA) is 114 Å². The van der Waals surface area contributed by atoms with Crippen LogP contribution in [0.15, 0.2) is 10.3 Å². The lowest BCUT2D eigenvalue weighted by molar-refractivity contribution is -0.501. The van der Waals surface area contributed by atoms with E-state index in [0.29, 0.717) is 19.7 Å². The van der Waals surface area contributed by atoms with E-state index in [9.17, 15) is 9.59 Å². The van der Waals surface area contributed by atoms with Crippen molar-refractivity contribution in [2.75, 3.05) is 46.6 Å². The minimum absolute atomic E-state index is 0.140. The molecule has 1 unspecified atom stereocenters. The number of rotatable bonds is 10. The highest BCUT2D eigenvalue weighted by Gasteiger charge is 2.21. The van der Waals surface area contributed by atoms with Crippen molar-refractivity contribution < 1.29 is 28.5 Å². The molecule has 0 radical (unpaired) electrons. The number of carbonyl (C=O) groups is 2. The fourth-order valence-electron chi connectivity index (χ4n) is 1.54. The molecule has 1 rings (SSSR count). The van der Waals surface area contributed by atoms with Crippen LogP contribution in [0.25, 0.3) is 0 Å². The maximum absolute atomic E-state index is 11.4. The molecule has 2 amide bonds. The lowest BCUT2D eigenvalue weighted by Crippen LogP contribution is -2.31. The summed E-state index contributed by atoms with van der Waals surface area (Å²) in [5, 5.41) is 12.7. The van der Waals surface area contributed by atoms with Crippen LogP contribution < -0.4 is 10.6 Å². The van der Waals surface area contributed by atoms with Gasteiger partial charge in [-0.1, -0.05) is 6.92 Å². The van der Waals surface area contributed by atoms with E-state index in [-0.39, 0.29) is 25.9 Å². The third-order valence-corrected chi connectivity index (χ3v) is 2.61. The Hall–Kier alpha value is -2.23. The Morgan fingerprint density at radius 2 is 1.87 bits per heavy atom. The molecule has 0 aromatic rings. The second-order valence-electron chi connectivity index (χ2n) is 4.70. The zero-order valence-corrected chi connectivity index (χ0v) is 13.5. The minimum atomic E-state index is -0.540. The summed E-state index contributed by atoms with van der Waals surface area (Å²) in [6.45, 7) is 3.71. The van der Waals surface area contributed by atoms with Crippen molar-refractivity contribution in [1.29, 1.82) is 0 Å². The van der Waals surface area contributed by atoms with Gasteiger partial charge in [0.05, 0.1) is 13.2 Å². The van der Waals surface area contributed by atoms with E-state index in [2.05, 4.69) is 21.0 Å². The predicted octanol–water partition coefficient (Wildman–Crippen LogP) is 0.328. The summed E-state index contributed by atoms with van der Waals surface area (Å²) in [4.78, 5) is 22.5. The molecule has 1 aliphatic heterocycles. The van der Waals surface area contributed by atoms with Crippen LogP contribution in [0, 0.1) is 0 Å². The molecule has 10 heteroatoms. The van der Waals surface area contributed by atoms with Gasteiger partial charge < -0.3 is 24.8 Å². The summed E-state index contributed by atoms with van der Waals surface area (Å²) in [7, 11) is 1.75. The summed E-state index contributed by atoms with van der Waals surface area (Å²) >= 11 is 0. The zero-order chi connectivity index (χ0) is 16.9. The number of hydrogen-bond donors (Lipinski definition) is 2. The largest absolute Gasteiger partial charge is 0.447 e. The maximum atomic E-state index is 11.4. The van der Waals surface area contributed by atoms with Gasteiger partial charge in [-0.3, -0.25) is 0 Å². The first-order valence-electron chi connectivity index (χ1n) is 7.49. The van der Waals surface area contributed by atoms with Gasteiger partial charge in [0.1, 0.15) is 31.7 Å². The van der Waals surface area contributed by atoms with Crippen LogP contribution >= 0.6 is 0 Å². The van der Waals surface area contributed by atoms with Crippen LogP contribution in [0.2, 0.25) is 0 Å².